The van der Waals surface area contributed by atoms with Gasteiger partial charge in [0.1, 0.15) is 5.75 Å². The van der Waals surface area contributed by atoms with E-state index in [-0.39, 0.29) is 24.3 Å². The number of ether oxygens (including phenoxy) is 2. The lowest BCUT2D eigenvalue weighted by atomic mass is 10.2. The number of esters is 1. The molecule has 0 aliphatic carbocycles. The zero-order chi connectivity index (χ0) is 19.1. The molecule has 8 nitrogen and oxygen atoms in total. The van der Waals surface area contributed by atoms with Crippen molar-refractivity contribution >= 4 is 23.6 Å². The van der Waals surface area contributed by atoms with Crippen LogP contribution >= 0.6 is 0 Å². The maximum absolute atomic E-state index is 12.2. The number of nitrogens with two attached hydrogens (primary N) is 1. The van der Waals surface area contributed by atoms with Crippen LogP contribution < -0.4 is 15.8 Å². The molecule has 0 aliphatic rings. The Morgan fingerprint density at radius 2 is 1.78 bits per heavy atom. The third-order valence-electron chi connectivity index (χ3n) is 3.46. The van der Waals surface area contributed by atoms with Gasteiger partial charge < -0.3 is 20.5 Å². The number of hydrogen-bond donors (Lipinski definition) is 2. The van der Waals surface area contributed by atoms with E-state index in [1.807, 2.05) is 37.3 Å². The van der Waals surface area contributed by atoms with Gasteiger partial charge in [0.05, 0.1) is 12.2 Å². The van der Waals surface area contributed by atoms with E-state index < -0.39 is 5.97 Å². The summed E-state index contributed by atoms with van der Waals surface area (Å²) in [6, 6.07) is 16.1. The number of rotatable bonds is 7. The summed E-state index contributed by atoms with van der Waals surface area (Å²) in [7, 11) is 0. The molecule has 0 saturated carbocycles. The number of carbonyl (C=O) groups is 1. The first-order chi connectivity index (χ1) is 13.1. The van der Waals surface area contributed by atoms with Gasteiger partial charge in [-0.05, 0) is 43.3 Å². The quantitative estimate of drug-likeness (QED) is 0.615. The average molecular weight is 365 g/mol. The van der Waals surface area contributed by atoms with Crippen LogP contribution in [0.2, 0.25) is 0 Å². The van der Waals surface area contributed by atoms with E-state index in [0.717, 1.165) is 5.69 Å². The van der Waals surface area contributed by atoms with Crippen molar-refractivity contribution in [2.24, 2.45) is 0 Å². The summed E-state index contributed by atoms with van der Waals surface area (Å²) in [6.45, 7) is 2.33. The van der Waals surface area contributed by atoms with Gasteiger partial charge in [-0.25, -0.2) is 4.79 Å². The van der Waals surface area contributed by atoms with E-state index in [0.29, 0.717) is 17.9 Å². The third kappa shape index (κ3) is 5.15. The second-order valence-corrected chi connectivity index (χ2v) is 5.46. The standard InChI is InChI=1S/C19H19N5O3/c1-2-26-15-10-8-13(9-11-15)17(25)27-12-16-22-18(20)24-19(23-16)21-14-6-4-3-5-7-14/h3-11H,2,12H2,1H3,(H3,20,21,22,23,24). The van der Waals surface area contributed by atoms with Crippen molar-refractivity contribution in [3.05, 3.63) is 66.0 Å². The topological polar surface area (TPSA) is 112 Å². The largest absolute Gasteiger partial charge is 0.494 e. The summed E-state index contributed by atoms with van der Waals surface area (Å²) in [5, 5.41) is 3.03. The van der Waals surface area contributed by atoms with E-state index in [2.05, 4.69) is 20.3 Å². The molecule has 138 valence electrons. The molecule has 0 saturated heterocycles. The molecule has 3 rings (SSSR count). The van der Waals surface area contributed by atoms with Crippen LogP contribution in [0, 0.1) is 0 Å². The van der Waals surface area contributed by atoms with Gasteiger partial charge in [-0.1, -0.05) is 18.2 Å². The SMILES string of the molecule is CCOc1ccc(C(=O)OCc2nc(N)nc(Nc3ccccc3)n2)cc1. The van der Waals surface area contributed by atoms with Crippen molar-refractivity contribution in [2.45, 2.75) is 13.5 Å². The zero-order valence-electron chi connectivity index (χ0n) is 14.8. The molecule has 3 aromatic rings. The van der Waals surface area contributed by atoms with Gasteiger partial charge in [0, 0.05) is 5.69 Å². The maximum atomic E-state index is 12.2. The summed E-state index contributed by atoms with van der Waals surface area (Å²) in [5.74, 6) is 0.766. The van der Waals surface area contributed by atoms with Gasteiger partial charge in [-0.3, -0.25) is 0 Å². The minimum Gasteiger partial charge on any atom is -0.494 e. The van der Waals surface area contributed by atoms with Crippen LogP contribution in [0.4, 0.5) is 17.6 Å². The molecule has 1 heterocycles. The van der Waals surface area contributed by atoms with E-state index >= 15 is 0 Å². The van der Waals surface area contributed by atoms with Crippen molar-refractivity contribution in [2.75, 3.05) is 17.7 Å². The maximum Gasteiger partial charge on any atom is 0.338 e. The van der Waals surface area contributed by atoms with Gasteiger partial charge in [-0.15, -0.1) is 0 Å². The second kappa shape index (κ2) is 8.61. The van der Waals surface area contributed by atoms with Crippen molar-refractivity contribution in [1.82, 2.24) is 15.0 Å². The average Bonchev–Trinajstić information content (AvgIpc) is 2.67. The molecule has 3 N–H and O–H groups in total. The van der Waals surface area contributed by atoms with Gasteiger partial charge in [0.2, 0.25) is 11.9 Å². The predicted molar refractivity (Wildman–Crippen MR) is 101 cm³/mol. The first kappa shape index (κ1) is 18.1. The summed E-state index contributed by atoms with van der Waals surface area (Å²) < 4.78 is 10.6. The fourth-order valence-corrected chi connectivity index (χ4v) is 2.28. The molecular formula is C19H19N5O3. The molecular weight excluding hydrogens is 346 g/mol. The molecule has 8 heteroatoms. The normalized spacial score (nSPS) is 10.3. The van der Waals surface area contributed by atoms with Crippen molar-refractivity contribution in [3.8, 4) is 5.75 Å². The molecule has 0 fully saturated rings. The Balaban J connectivity index is 1.64. The van der Waals surface area contributed by atoms with Crippen LogP contribution in [0.1, 0.15) is 23.1 Å². The highest BCUT2D eigenvalue weighted by atomic mass is 16.5. The molecule has 27 heavy (non-hydrogen) atoms. The van der Waals surface area contributed by atoms with Gasteiger partial charge in [-0.2, -0.15) is 15.0 Å². The fourth-order valence-electron chi connectivity index (χ4n) is 2.28. The molecule has 0 radical (unpaired) electrons. The van der Waals surface area contributed by atoms with Crippen LogP contribution in [-0.4, -0.2) is 27.5 Å². The molecule has 0 amide bonds. The lowest BCUT2D eigenvalue weighted by Crippen LogP contribution is -2.11. The summed E-state index contributed by atoms with van der Waals surface area (Å²) in [5.41, 5.74) is 6.93. The number of para-hydroxylation sites is 1. The van der Waals surface area contributed by atoms with Crippen LogP contribution in [0.25, 0.3) is 0 Å². The first-order valence-electron chi connectivity index (χ1n) is 8.36. The van der Waals surface area contributed by atoms with E-state index in [4.69, 9.17) is 15.2 Å². The van der Waals surface area contributed by atoms with Crippen molar-refractivity contribution in [1.29, 1.82) is 0 Å². The van der Waals surface area contributed by atoms with Crippen LogP contribution in [0.15, 0.2) is 54.6 Å². The smallest absolute Gasteiger partial charge is 0.338 e. The number of nitrogen functional groups attached to an aromatic ring is 1. The highest BCUT2D eigenvalue weighted by molar-refractivity contribution is 5.89. The minimum atomic E-state index is -0.491. The Kier molecular flexibility index (Phi) is 5.78. The number of nitrogens with zero attached hydrogens (tertiary/aromatic N) is 3. The predicted octanol–water partition coefficient (Wildman–Crippen LogP) is 2.95. The van der Waals surface area contributed by atoms with Crippen molar-refractivity contribution in [3.63, 3.8) is 0 Å². The molecule has 0 aliphatic heterocycles. The van der Waals surface area contributed by atoms with E-state index in [1.165, 1.54) is 0 Å². The number of carbonyl (C=O) groups excluding carboxylic acids is 1. The van der Waals surface area contributed by atoms with Crippen LogP contribution in [0.3, 0.4) is 0 Å². The molecule has 0 unspecified atom stereocenters. The fraction of sp³-hybridized carbons (Fsp3) is 0.158. The zero-order valence-corrected chi connectivity index (χ0v) is 14.8. The van der Waals surface area contributed by atoms with Crippen molar-refractivity contribution < 1.29 is 14.3 Å². The Bertz CT molecular complexity index is 901. The molecule has 0 atom stereocenters. The van der Waals surface area contributed by atoms with Gasteiger partial charge >= 0.3 is 5.97 Å². The second-order valence-electron chi connectivity index (χ2n) is 5.46. The Morgan fingerprint density at radius 3 is 2.48 bits per heavy atom. The monoisotopic (exact) mass is 365 g/mol. The Morgan fingerprint density at radius 1 is 1.04 bits per heavy atom. The lowest BCUT2D eigenvalue weighted by molar-refractivity contribution is 0.0462. The molecule has 0 bridgehead atoms. The lowest BCUT2D eigenvalue weighted by Gasteiger charge is -2.08. The minimum absolute atomic E-state index is 0.0375. The van der Waals surface area contributed by atoms with Gasteiger partial charge in [0.15, 0.2) is 12.4 Å². The number of benzene rings is 2. The number of anilines is 3. The summed E-state index contributed by atoms with van der Waals surface area (Å²) >= 11 is 0. The summed E-state index contributed by atoms with van der Waals surface area (Å²) in [4.78, 5) is 24.4. The van der Waals surface area contributed by atoms with Crippen LogP contribution in [0.5, 0.6) is 5.75 Å². The van der Waals surface area contributed by atoms with E-state index in [1.54, 1.807) is 24.3 Å². The number of nitrogens with one attached hydrogen (secondary N) is 1. The highest BCUT2D eigenvalue weighted by Gasteiger charge is 2.11. The number of hydrogen-bond acceptors (Lipinski definition) is 8. The molecule has 2 aromatic carbocycles. The van der Waals surface area contributed by atoms with Gasteiger partial charge in [0.25, 0.3) is 0 Å². The van der Waals surface area contributed by atoms with E-state index in [9.17, 15) is 4.79 Å². The van der Waals surface area contributed by atoms with Crippen LogP contribution in [-0.2, 0) is 11.3 Å². The number of aromatic nitrogens is 3. The molecule has 0 spiro atoms. The highest BCUT2D eigenvalue weighted by Crippen LogP contribution is 2.15. The Hall–Kier alpha value is -3.68. The molecule has 1 aromatic heterocycles. The first-order valence-corrected chi connectivity index (χ1v) is 8.36. The Labute approximate surface area is 156 Å². The third-order valence-corrected chi connectivity index (χ3v) is 3.46. The summed E-state index contributed by atoms with van der Waals surface area (Å²) in [6.07, 6.45) is 0.